The van der Waals surface area contributed by atoms with Crippen LogP contribution in [0.1, 0.15) is 67.8 Å². The van der Waals surface area contributed by atoms with Gasteiger partial charge in [0.15, 0.2) is 0 Å². The molecular weight excluding hydrogens is 372 g/mol. The number of hydrogen-bond donors (Lipinski definition) is 1. The molecule has 1 amide bonds. The molecule has 0 aliphatic heterocycles. The van der Waals surface area contributed by atoms with Crippen LogP contribution in [0.25, 0.3) is 0 Å². The van der Waals surface area contributed by atoms with E-state index in [-0.39, 0.29) is 23.8 Å². The molecule has 158 valence electrons. The standard InChI is InChI=1S/C22H34N2O3S.H2/c1-7-28-22(5,6)15-21(26)24-23-17(4)18-10-12-19(13-11-18)27-14-8-9-20(25)16(2)3;/h10-13,16H,7-9,14-15H2,1-6H3,(H,24,26);1H/b23-17+;. The molecular formula is C22H36N2O3S. The number of rotatable bonds is 12. The van der Waals surface area contributed by atoms with E-state index in [1.165, 1.54) is 0 Å². The van der Waals surface area contributed by atoms with Crippen LogP contribution in [-0.4, -0.2) is 34.5 Å². The van der Waals surface area contributed by atoms with Crippen LogP contribution in [0.4, 0.5) is 0 Å². The number of ketones is 1. The van der Waals surface area contributed by atoms with Crippen molar-refractivity contribution in [1.29, 1.82) is 0 Å². The Morgan fingerprint density at radius 2 is 1.89 bits per heavy atom. The molecule has 5 nitrogen and oxygen atoms in total. The van der Waals surface area contributed by atoms with Crippen LogP contribution in [0.2, 0.25) is 0 Å². The summed E-state index contributed by atoms with van der Waals surface area (Å²) in [4.78, 5) is 23.7. The number of nitrogens with zero attached hydrogens (tertiary/aromatic N) is 1. The van der Waals surface area contributed by atoms with E-state index < -0.39 is 0 Å². The predicted octanol–water partition coefficient (Wildman–Crippen LogP) is 5.08. The molecule has 0 fully saturated rings. The van der Waals surface area contributed by atoms with E-state index in [0.29, 0.717) is 19.4 Å². The van der Waals surface area contributed by atoms with Gasteiger partial charge in [0.05, 0.1) is 12.3 Å². The van der Waals surface area contributed by atoms with Crippen molar-refractivity contribution in [3.05, 3.63) is 29.8 Å². The zero-order valence-electron chi connectivity index (χ0n) is 18.0. The van der Waals surface area contributed by atoms with Gasteiger partial charge in [0.25, 0.3) is 0 Å². The van der Waals surface area contributed by atoms with E-state index >= 15 is 0 Å². The number of nitrogens with one attached hydrogen (secondary N) is 1. The molecule has 6 heteroatoms. The number of hydrogen-bond acceptors (Lipinski definition) is 5. The second-order valence-electron chi connectivity index (χ2n) is 7.70. The van der Waals surface area contributed by atoms with Gasteiger partial charge in [0.1, 0.15) is 11.5 Å². The van der Waals surface area contributed by atoms with E-state index in [0.717, 1.165) is 29.2 Å². The number of carbonyl (C=O) groups is 2. The van der Waals surface area contributed by atoms with Gasteiger partial charge in [-0.25, -0.2) is 5.43 Å². The summed E-state index contributed by atoms with van der Waals surface area (Å²) in [5, 5.41) is 4.21. The minimum atomic E-state index is -0.0962. The summed E-state index contributed by atoms with van der Waals surface area (Å²) >= 11 is 1.76. The number of ether oxygens (including phenoxy) is 1. The molecule has 1 rings (SSSR count). The lowest BCUT2D eigenvalue weighted by molar-refractivity contribution is -0.122. The molecule has 0 aliphatic rings. The average molecular weight is 409 g/mol. The minimum absolute atomic E-state index is 0. The molecule has 0 aromatic heterocycles. The molecule has 1 aromatic rings. The highest BCUT2D eigenvalue weighted by molar-refractivity contribution is 8.00. The Kier molecular flexibility index (Phi) is 10.3. The van der Waals surface area contributed by atoms with Gasteiger partial charge < -0.3 is 4.74 Å². The van der Waals surface area contributed by atoms with Crippen molar-refractivity contribution in [1.82, 2.24) is 5.43 Å². The Labute approximate surface area is 175 Å². The van der Waals surface area contributed by atoms with Crippen LogP contribution in [0.15, 0.2) is 29.4 Å². The smallest absolute Gasteiger partial charge is 0.241 e. The van der Waals surface area contributed by atoms with Crippen molar-refractivity contribution in [3.8, 4) is 5.75 Å². The fraction of sp³-hybridized carbons (Fsp3) is 0.591. The fourth-order valence-electron chi connectivity index (χ4n) is 2.60. The van der Waals surface area contributed by atoms with Gasteiger partial charge >= 0.3 is 0 Å². The molecule has 1 N–H and O–H groups in total. The first-order chi connectivity index (χ1) is 13.1. The van der Waals surface area contributed by atoms with Gasteiger partial charge in [0, 0.05) is 24.9 Å². The third-order valence-corrected chi connectivity index (χ3v) is 5.44. The third-order valence-electron chi connectivity index (χ3n) is 4.22. The molecule has 0 unspecified atom stereocenters. The van der Waals surface area contributed by atoms with Crippen LogP contribution >= 0.6 is 11.8 Å². The maximum absolute atomic E-state index is 12.1. The molecule has 0 atom stereocenters. The summed E-state index contributed by atoms with van der Waals surface area (Å²) in [5.74, 6) is 2.01. The summed E-state index contributed by atoms with van der Waals surface area (Å²) in [7, 11) is 0. The van der Waals surface area contributed by atoms with Crippen molar-refractivity contribution in [2.24, 2.45) is 11.0 Å². The van der Waals surface area contributed by atoms with Crippen LogP contribution < -0.4 is 10.2 Å². The van der Waals surface area contributed by atoms with Crippen LogP contribution in [0.3, 0.4) is 0 Å². The lowest BCUT2D eigenvalue weighted by atomic mass is 10.1. The van der Waals surface area contributed by atoms with Crippen molar-refractivity contribution in [2.75, 3.05) is 12.4 Å². The lowest BCUT2D eigenvalue weighted by Gasteiger charge is -2.21. The Bertz CT molecular complexity index is 673. The average Bonchev–Trinajstić information content (AvgIpc) is 2.63. The van der Waals surface area contributed by atoms with Gasteiger partial charge in [0.2, 0.25) is 5.91 Å². The number of hydrazone groups is 1. The number of thioether (sulfide) groups is 1. The number of benzene rings is 1. The molecule has 0 saturated carbocycles. The van der Waals surface area contributed by atoms with Gasteiger partial charge in [-0.05, 0) is 48.9 Å². The Morgan fingerprint density at radius 1 is 1.25 bits per heavy atom. The van der Waals surface area contributed by atoms with Gasteiger partial charge in [-0.15, -0.1) is 0 Å². The largest absolute Gasteiger partial charge is 0.494 e. The van der Waals surface area contributed by atoms with Crippen molar-refractivity contribution >= 4 is 29.2 Å². The van der Waals surface area contributed by atoms with E-state index in [2.05, 4.69) is 31.3 Å². The maximum atomic E-state index is 12.1. The third kappa shape index (κ3) is 9.40. The lowest BCUT2D eigenvalue weighted by Crippen LogP contribution is -2.28. The summed E-state index contributed by atoms with van der Waals surface area (Å²) in [6.07, 6.45) is 1.70. The van der Waals surface area contributed by atoms with Gasteiger partial charge in [-0.3, -0.25) is 9.59 Å². The highest BCUT2D eigenvalue weighted by Crippen LogP contribution is 2.27. The summed E-state index contributed by atoms with van der Waals surface area (Å²) < 4.78 is 5.59. The fourth-order valence-corrected chi connectivity index (χ4v) is 3.61. The molecule has 0 spiro atoms. The van der Waals surface area contributed by atoms with Crippen LogP contribution in [0, 0.1) is 5.92 Å². The Balaban J connectivity index is 0.00000784. The highest BCUT2D eigenvalue weighted by atomic mass is 32.2. The van der Waals surface area contributed by atoms with Crippen molar-refractivity contribution < 1.29 is 15.8 Å². The van der Waals surface area contributed by atoms with Gasteiger partial charge in [-0.2, -0.15) is 16.9 Å². The first kappa shape index (κ1) is 24.2. The number of amides is 1. The first-order valence-electron chi connectivity index (χ1n) is 9.87. The molecule has 0 bridgehead atoms. The zero-order chi connectivity index (χ0) is 21.2. The molecule has 0 aliphatic carbocycles. The molecule has 0 radical (unpaired) electrons. The highest BCUT2D eigenvalue weighted by Gasteiger charge is 2.21. The summed E-state index contributed by atoms with van der Waals surface area (Å²) in [5.41, 5.74) is 4.30. The number of carbonyl (C=O) groups excluding carboxylic acids is 2. The van der Waals surface area contributed by atoms with E-state index in [1.54, 1.807) is 11.8 Å². The topological polar surface area (TPSA) is 67.8 Å². The van der Waals surface area contributed by atoms with Gasteiger partial charge in [-0.1, -0.05) is 34.6 Å². The molecule has 0 heterocycles. The van der Waals surface area contributed by atoms with Crippen LogP contribution in [0.5, 0.6) is 5.75 Å². The molecule has 1 aromatic carbocycles. The first-order valence-corrected chi connectivity index (χ1v) is 10.9. The predicted molar refractivity (Wildman–Crippen MR) is 120 cm³/mol. The summed E-state index contributed by atoms with van der Waals surface area (Å²) in [6, 6.07) is 7.58. The second kappa shape index (κ2) is 11.9. The van der Waals surface area contributed by atoms with Crippen molar-refractivity contribution in [2.45, 2.75) is 65.6 Å². The minimum Gasteiger partial charge on any atom is -0.494 e. The Morgan fingerprint density at radius 3 is 2.46 bits per heavy atom. The zero-order valence-corrected chi connectivity index (χ0v) is 18.8. The molecule has 0 saturated heterocycles. The van der Waals surface area contributed by atoms with E-state index in [9.17, 15) is 9.59 Å². The van der Waals surface area contributed by atoms with E-state index in [4.69, 9.17) is 4.74 Å². The molecule has 28 heavy (non-hydrogen) atoms. The summed E-state index contributed by atoms with van der Waals surface area (Å²) in [6.45, 7) is 12.4. The normalized spacial score (nSPS) is 12.2. The Hall–Kier alpha value is -1.82. The van der Waals surface area contributed by atoms with E-state index in [1.807, 2.05) is 45.0 Å². The number of Topliss-reactive ketones (excluding diaryl/α,β-unsaturated/α-hetero) is 1. The van der Waals surface area contributed by atoms with Crippen molar-refractivity contribution in [3.63, 3.8) is 0 Å². The SMILES string of the molecule is CCSC(C)(C)CC(=O)N/N=C(\C)c1ccc(OCCCC(=O)C(C)C)cc1.[HH]. The quantitative estimate of drug-likeness (QED) is 0.297. The second-order valence-corrected chi connectivity index (χ2v) is 9.67. The van der Waals surface area contributed by atoms with Crippen LogP contribution in [-0.2, 0) is 9.59 Å². The monoisotopic (exact) mass is 408 g/mol. The maximum Gasteiger partial charge on any atom is 0.241 e.